The van der Waals surface area contributed by atoms with Crippen molar-refractivity contribution in [2.45, 2.75) is 19.4 Å². The summed E-state index contributed by atoms with van der Waals surface area (Å²) in [6.45, 7) is 3.24. The van der Waals surface area contributed by atoms with Crippen LogP contribution in [0.1, 0.15) is 13.8 Å². The Balaban J connectivity index is 0. The maximum absolute atomic E-state index is 11.0. The van der Waals surface area contributed by atoms with Crippen molar-refractivity contribution in [1.82, 2.24) is 0 Å². The van der Waals surface area contributed by atoms with Gasteiger partial charge in [-0.25, -0.2) is 0 Å². The maximum Gasteiger partial charge on any atom is 0.325 e. The summed E-state index contributed by atoms with van der Waals surface area (Å²) < 4.78 is 4.76. The van der Waals surface area contributed by atoms with Gasteiger partial charge in [0.05, 0.1) is 0 Å². The Morgan fingerprint density at radius 1 is 1.57 bits per heavy atom. The number of hydrogen-bond donors (Lipinski definition) is 3. The number of esters is 1. The number of carbonyl (C=O) groups excluding carboxylic acids is 1. The minimum atomic E-state index is -1.97. The summed E-state index contributed by atoms with van der Waals surface area (Å²) in [4.78, 5) is 28.0. The Morgan fingerprint density at radius 3 is 2.43 bits per heavy atom. The largest absolute Gasteiger partial charge is 0.463 e. The zero-order valence-electron chi connectivity index (χ0n) is 8.01. The molecule has 1 radical (unpaired) electrons. The molecule has 0 heterocycles. The van der Waals surface area contributed by atoms with Crippen LogP contribution in [0.25, 0.3) is 0 Å². The van der Waals surface area contributed by atoms with Crippen molar-refractivity contribution in [2.75, 3.05) is 12.4 Å². The molecule has 0 saturated heterocycles. The molecule has 0 saturated carbocycles. The predicted molar refractivity (Wildman–Crippen MR) is 53.0 cm³/mol. The van der Waals surface area contributed by atoms with Gasteiger partial charge >= 0.3 is 5.97 Å². The van der Waals surface area contributed by atoms with Crippen molar-refractivity contribution in [3.8, 4) is 0 Å². The zero-order valence-corrected chi connectivity index (χ0v) is 11.1. The second-order valence-electron chi connectivity index (χ2n) is 2.94. The van der Waals surface area contributed by atoms with Crippen molar-refractivity contribution >= 4 is 24.9 Å². The van der Waals surface area contributed by atoms with Crippen LogP contribution in [0, 0.1) is 0 Å². The Kier molecular flexibility index (Phi) is 9.70. The van der Waals surface area contributed by atoms with Crippen molar-refractivity contribution in [3.05, 3.63) is 0 Å². The molecule has 0 aromatic rings. The van der Waals surface area contributed by atoms with Crippen LogP contribution in [0.5, 0.6) is 0 Å². The molecule has 0 aliphatic carbocycles. The molecule has 0 fully saturated rings. The van der Waals surface area contributed by atoms with E-state index in [1.807, 2.05) is 0 Å². The number of rotatable bonds is 5. The van der Waals surface area contributed by atoms with E-state index in [0.29, 0.717) is 5.75 Å². The first kappa shape index (κ1) is 17.1. The Bertz CT molecular complexity index is 176. The molecule has 0 spiro atoms. The average Bonchev–Trinajstić information content (AvgIpc) is 1.95. The van der Waals surface area contributed by atoms with Gasteiger partial charge in [-0.1, -0.05) is 11.4 Å². The first-order chi connectivity index (χ1) is 5.84. The molecule has 0 aromatic carbocycles. The molecule has 0 aliphatic heterocycles. The van der Waals surface area contributed by atoms with E-state index in [0.717, 1.165) is 11.4 Å². The van der Waals surface area contributed by atoms with E-state index in [-0.39, 0.29) is 25.2 Å². The molecule has 0 atom stereocenters. The molecule has 8 heteroatoms. The van der Waals surface area contributed by atoms with Crippen LogP contribution in [0.3, 0.4) is 0 Å². The van der Waals surface area contributed by atoms with Gasteiger partial charge in [-0.05, 0) is 13.8 Å². The van der Waals surface area contributed by atoms with Gasteiger partial charge in [0, 0.05) is 24.3 Å². The fourth-order valence-electron chi connectivity index (χ4n) is 0.439. The zero-order chi connectivity index (χ0) is 10.5. The second-order valence-corrected chi connectivity index (χ2v) is 5.87. The predicted octanol–water partition coefficient (Wildman–Crippen LogP) is 0.209. The molecule has 0 aliphatic rings. The van der Waals surface area contributed by atoms with Crippen LogP contribution in [-0.4, -0.2) is 33.7 Å². The van der Waals surface area contributed by atoms with Gasteiger partial charge in [0.1, 0.15) is 12.1 Å². The molecule has 0 unspecified atom stereocenters. The molecular formula is C6H14NO4PSV. The second kappa shape index (κ2) is 7.94. The summed E-state index contributed by atoms with van der Waals surface area (Å²) in [6.07, 6.45) is 0. The van der Waals surface area contributed by atoms with Gasteiger partial charge in [-0.15, -0.1) is 0 Å². The summed E-state index contributed by atoms with van der Waals surface area (Å²) in [5, 5.41) is 0. The van der Waals surface area contributed by atoms with Crippen molar-refractivity contribution < 1.29 is 37.9 Å². The topological polar surface area (TPSA) is 92.8 Å². The number of nitrogens with two attached hydrogens (primary N) is 1. The van der Waals surface area contributed by atoms with Crippen LogP contribution in [-0.2, 0) is 28.1 Å². The SMILES string of the molecule is CC(C)(N)C(=O)OCCSP(O)O.[V]. The van der Waals surface area contributed by atoms with Crippen LogP contribution in [0.2, 0.25) is 0 Å². The van der Waals surface area contributed by atoms with E-state index < -0.39 is 19.1 Å². The molecular weight excluding hydrogens is 264 g/mol. The summed E-state index contributed by atoms with van der Waals surface area (Å²) in [6, 6.07) is 0. The van der Waals surface area contributed by atoms with Crippen LogP contribution >= 0.6 is 19.0 Å². The molecule has 0 amide bonds. The third-order valence-electron chi connectivity index (χ3n) is 1.05. The number of hydrogen-bond acceptors (Lipinski definition) is 6. The van der Waals surface area contributed by atoms with Gasteiger partial charge in [0.25, 0.3) is 0 Å². The summed E-state index contributed by atoms with van der Waals surface area (Å²) in [5.74, 6) is -0.131. The fraction of sp³-hybridized carbons (Fsp3) is 0.833. The molecule has 83 valence electrons. The van der Waals surface area contributed by atoms with Gasteiger partial charge in [0.2, 0.25) is 7.58 Å². The van der Waals surface area contributed by atoms with E-state index in [1.165, 1.54) is 0 Å². The Morgan fingerprint density at radius 2 is 2.07 bits per heavy atom. The Hall–Kier alpha value is 0.714. The molecule has 14 heavy (non-hydrogen) atoms. The summed E-state index contributed by atoms with van der Waals surface area (Å²) >= 11 is 0.942. The van der Waals surface area contributed by atoms with Gasteiger partial charge in [0.15, 0.2) is 0 Å². The van der Waals surface area contributed by atoms with Crippen LogP contribution in [0.4, 0.5) is 0 Å². The van der Waals surface area contributed by atoms with E-state index in [2.05, 4.69) is 0 Å². The normalized spacial score (nSPS) is 11.0. The van der Waals surface area contributed by atoms with Crippen molar-refractivity contribution in [2.24, 2.45) is 5.73 Å². The van der Waals surface area contributed by atoms with Crippen LogP contribution in [0.15, 0.2) is 0 Å². The summed E-state index contributed by atoms with van der Waals surface area (Å²) in [5.41, 5.74) is 4.45. The minimum Gasteiger partial charge on any atom is -0.463 e. The van der Waals surface area contributed by atoms with Gasteiger partial charge in [-0.2, -0.15) is 0 Å². The third kappa shape index (κ3) is 9.28. The molecule has 0 bridgehead atoms. The van der Waals surface area contributed by atoms with Gasteiger partial charge < -0.3 is 20.3 Å². The smallest absolute Gasteiger partial charge is 0.325 e. The van der Waals surface area contributed by atoms with E-state index >= 15 is 0 Å². The quantitative estimate of drug-likeness (QED) is 0.378. The molecule has 4 N–H and O–H groups in total. The van der Waals surface area contributed by atoms with E-state index in [1.54, 1.807) is 13.8 Å². The minimum absolute atomic E-state index is 0. The summed E-state index contributed by atoms with van der Waals surface area (Å²) in [7, 11) is -1.97. The maximum atomic E-state index is 11.0. The average molecular weight is 278 g/mol. The standard InChI is InChI=1S/C6H14NO4PS.V/c1-6(2,7)5(8)11-3-4-13-12(9)10;/h9-10H,3-4,7H2,1-2H3;. The Labute approximate surface area is 100 Å². The van der Waals surface area contributed by atoms with Crippen molar-refractivity contribution in [3.63, 3.8) is 0 Å². The third-order valence-corrected chi connectivity index (χ3v) is 2.87. The van der Waals surface area contributed by atoms with E-state index in [9.17, 15) is 4.79 Å². The van der Waals surface area contributed by atoms with E-state index in [4.69, 9.17) is 20.3 Å². The molecule has 0 rings (SSSR count). The monoisotopic (exact) mass is 278 g/mol. The number of ether oxygens (including phenoxy) is 1. The van der Waals surface area contributed by atoms with Crippen molar-refractivity contribution in [1.29, 1.82) is 0 Å². The fourth-order valence-corrected chi connectivity index (χ4v) is 1.47. The first-order valence-electron chi connectivity index (χ1n) is 3.61. The van der Waals surface area contributed by atoms with Crippen LogP contribution < -0.4 is 5.73 Å². The first-order valence-corrected chi connectivity index (χ1v) is 6.44. The molecule has 5 nitrogen and oxygen atoms in total. The van der Waals surface area contributed by atoms with Gasteiger partial charge in [-0.3, -0.25) is 4.79 Å². The molecule has 0 aromatic heterocycles. The number of carbonyl (C=O) groups is 1.